The number of carbonyl (C=O) groups excluding carboxylic acids is 2. The summed E-state index contributed by atoms with van der Waals surface area (Å²) in [4.78, 5) is 29.7. The minimum atomic E-state index is -2.83. The molecule has 4 aromatic heterocycles. The van der Waals surface area contributed by atoms with Gasteiger partial charge in [-0.1, -0.05) is 30.3 Å². The Bertz CT molecular complexity index is 1640. The maximum atomic E-state index is 13.6. The molecule has 0 aliphatic heterocycles. The molecule has 37 heavy (non-hydrogen) atoms. The van der Waals surface area contributed by atoms with Crippen LogP contribution in [0.2, 0.25) is 0 Å². The van der Waals surface area contributed by atoms with Crippen molar-refractivity contribution in [1.82, 2.24) is 14.8 Å². The molecule has 0 fully saturated rings. The summed E-state index contributed by atoms with van der Waals surface area (Å²) in [7, 11) is 0. The lowest BCUT2D eigenvalue weighted by Crippen LogP contribution is -2.16. The molecular formula is C26H21F2N5O3S. The SMILES string of the molecule is Cc1cc(C)n(Cc2ccc(C(=O)Nc3c(C(N)=O)sc4nc(C(F)F)cc(-c5ccccc5)c34)o2)n1. The van der Waals surface area contributed by atoms with Crippen LogP contribution in [0.5, 0.6) is 0 Å². The number of hydrogen-bond acceptors (Lipinski definition) is 6. The van der Waals surface area contributed by atoms with Gasteiger partial charge < -0.3 is 15.5 Å². The molecule has 0 bridgehead atoms. The van der Waals surface area contributed by atoms with Crippen molar-refractivity contribution in [2.75, 3.05) is 5.32 Å². The van der Waals surface area contributed by atoms with E-state index in [1.165, 1.54) is 12.1 Å². The summed E-state index contributed by atoms with van der Waals surface area (Å²) in [5, 5.41) is 7.44. The Hall–Kier alpha value is -4.38. The van der Waals surface area contributed by atoms with Crippen molar-refractivity contribution < 1.29 is 22.8 Å². The summed E-state index contributed by atoms with van der Waals surface area (Å²) in [5.74, 6) is -0.932. The van der Waals surface area contributed by atoms with Gasteiger partial charge in [-0.2, -0.15) is 5.10 Å². The lowest BCUT2D eigenvalue weighted by atomic mass is 10.0. The molecule has 3 N–H and O–H groups in total. The number of nitrogens with two attached hydrogens (primary N) is 1. The van der Waals surface area contributed by atoms with Gasteiger partial charge in [0.15, 0.2) is 5.76 Å². The van der Waals surface area contributed by atoms with Gasteiger partial charge in [0.2, 0.25) is 0 Å². The van der Waals surface area contributed by atoms with E-state index in [0.29, 0.717) is 28.8 Å². The normalized spacial score (nSPS) is 11.4. The molecule has 4 heterocycles. The fraction of sp³-hybridized carbons (Fsp3) is 0.154. The quantitative estimate of drug-likeness (QED) is 0.285. The van der Waals surface area contributed by atoms with Crippen LogP contribution in [0.4, 0.5) is 14.5 Å². The summed E-state index contributed by atoms with van der Waals surface area (Å²) in [6, 6.07) is 15.2. The van der Waals surface area contributed by atoms with E-state index in [-0.39, 0.29) is 21.2 Å². The predicted octanol–water partition coefficient (Wildman–Crippen LogP) is 5.71. The van der Waals surface area contributed by atoms with E-state index in [9.17, 15) is 18.4 Å². The monoisotopic (exact) mass is 521 g/mol. The summed E-state index contributed by atoms with van der Waals surface area (Å²) in [6.07, 6.45) is -2.83. The van der Waals surface area contributed by atoms with Gasteiger partial charge in [-0.15, -0.1) is 11.3 Å². The number of primary amides is 1. The highest BCUT2D eigenvalue weighted by Gasteiger charge is 2.26. The zero-order valence-electron chi connectivity index (χ0n) is 19.8. The molecule has 11 heteroatoms. The van der Waals surface area contributed by atoms with Gasteiger partial charge in [-0.05, 0) is 49.2 Å². The van der Waals surface area contributed by atoms with E-state index in [2.05, 4.69) is 15.4 Å². The predicted molar refractivity (Wildman–Crippen MR) is 136 cm³/mol. The van der Waals surface area contributed by atoms with Crippen molar-refractivity contribution in [2.45, 2.75) is 26.8 Å². The number of rotatable bonds is 7. The Balaban J connectivity index is 1.56. The van der Waals surface area contributed by atoms with Gasteiger partial charge >= 0.3 is 0 Å². The molecule has 0 saturated heterocycles. The number of anilines is 1. The van der Waals surface area contributed by atoms with Gasteiger partial charge in [0.05, 0.1) is 17.9 Å². The van der Waals surface area contributed by atoms with E-state index in [1.807, 2.05) is 19.9 Å². The van der Waals surface area contributed by atoms with Crippen LogP contribution in [0.25, 0.3) is 21.3 Å². The summed E-state index contributed by atoms with van der Waals surface area (Å²) in [5.41, 5.74) is 8.07. The zero-order valence-corrected chi connectivity index (χ0v) is 20.6. The number of nitrogens with zero attached hydrogens (tertiary/aromatic N) is 3. The Morgan fingerprint density at radius 2 is 1.89 bits per heavy atom. The molecule has 8 nitrogen and oxygen atoms in total. The molecule has 0 spiro atoms. The summed E-state index contributed by atoms with van der Waals surface area (Å²) < 4.78 is 34.8. The molecule has 0 saturated carbocycles. The number of benzene rings is 1. The van der Waals surface area contributed by atoms with E-state index in [0.717, 1.165) is 22.7 Å². The van der Waals surface area contributed by atoms with Gasteiger partial charge in [0.1, 0.15) is 21.2 Å². The van der Waals surface area contributed by atoms with E-state index < -0.39 is 23.9 Å². The average molecular weight is 522 g/mol. The zero-order chi connectivity index (χ0) is 26.3. The number of aromatic nitrogens is 3. The van der Waals surface area contributed by atoms with Crippen LogP contribution >= 0.6 is 11.3 Å². The minimum absolute atomic E-state index is 0.00437. The first kappa shape index (κ1) is 24.3. The highest BCUT2D eigenvalue weighted by molar-refractivity contribution is 7.21. The molecule has 5 aromatic rings. The minimum Gasteiger partial charge on any atom is -0.454 e. The third-order valence-electron chi connectivity index (χ3n) is 5.75. The number of alkyl halides is 2. The van der Waals surface area contributed by atoms with Crippen LogP contribution in [0.15, 0.2) is 59.0 Å². The molecule has 0 unspecified atom stereocenters. The number of aryl methyl sites for hydroxylation is 2. The van der Waals surface area contributed by atoms with Crippen LogP contribution in [0, 0.1) is 13.8 Å². The molecule has 0 radical (unpaired) electrons. The Labute approximate surface area is 213 Å². The van der Waals surface area contributed by atoms with Crippen molar-refractivity contribution in [3.05, 3.63) is 88.1 Å². The fourth-order valence-electron chi connectivity index (χ4n) is 4.11. The molecular weight excluding hydrogens is 500 g/mol. The molecule has 2 amide bonds. The van der Waals surface area contributed by atoms with Crippen LogP contribution in [-0.2, 0) is 6.54 Å². The first-order valence-electron chi connectivity index (χ1n) is 11.2. The van der Waals surface area contributed by atoms with E-state index in [4.69, 9.17) is 10.2 Å². The number of hydrogen-bond donors (Lipinski definition) is 2. The Kier molecular flexibility index (Phi) is 6.30. The number of amides is 2. The lowest BCUT2D eigenvalue weighted by molar-refractivity contribution is 0.0994. The number of furan rings is 1. The fourth-order valence-corrected chi connectivity index (χ4v) is 5.12. The Morgan fingerprint density at radius 3 is 2.54 bits per heavy atom. The average Bonchev–Trinajstić information content (AvgIpc) is 3.56. The van der Waals surface area contributed by atoms with Crippen molar-refractivity contribution in [1.29, 1.82) is 0 Å². The van der Waals surface area contributed by atoms with Crippen LogP contribution in [-0.4, -0.2) is 26.6 Å². The lowest BCUT2D eigenvalue weighted by Gasteiger charge is -2.10. The van der Waals surface area contributed by atoms with Crippen LogP contribution in [0.1, 0.15) is 49.5 Å². The van der Waals surface area contributed by atoms with Gasteiger partial charge in [0, 0.05) is 11.1 Å². The highest BCUT2D eigenvalue weighted by Crippen LogP contribution is 2.42. The van der Waals surface area contributed by atoms with Crippen molar-refractivity contribution >= 4 is 39.1 Å². The number of nitrogens with one attached hydrogen (secondary N) is 1. The van der Waals surface area contributed by atoms with Crippen molar-refractivity contribution in [2.24, 2.45) is 5.73 Å². The second kappa shape index (κ2) is 9.58. The topological polar surface area (TPSA) is 116 Å². The maximum Gasteiger partial charge on any atom is 0.291 e. The number of halogens is 2. The van der Waals surface area contributed by atoms with Gasteiger partial charge in [-0.25, -0.2) is 13.8 Å². The molecule has 5 rings (SSSR count). The third-order valence-corrected chi connectivity index (χ3v) is 6.85. The summed E-state index contributed by atoms with van der Waals surface area (Å²) >= 11 is 0.845. The first-order chi connectivity index (χ1) is 17.7. The van der Waals surface area contributed by atoms with Crippen LogP contribution < -0.4 is 11.1 Å². The molecule has 1 aromatic carbocycles. The standard InChI is InChI=1S/C26H21F2N5O3S/c1-13-10-14(2)33(32-13)12-16-8-9-19(36-16)25(35)31-21-20-17(15-6-4-3-5-7-15)11-18(23(27)28)30-26(20)37-22(21)24(29)34/h3-11,23H,12H2,1-2H3,(H2,29,34)(H,31,35). The number of pyridine rings is 1. The van der Waals surface area contributed by atoms with E-state index >= 15 is 0 Å². The molecule has 188 valence electrons. The first-order valence-corrected chi connectivity index (χ1v) is 12.0. The van der Waals surface area contributed by atoms with Crippen molar-refractivity contribution in [3.8, 4) is 11.1 Å². The second-order valence-corrected chi connectivity index (χ2v) is 9.42. The maximum absolute atomic E-state index is 13.6. The van der Waals surface area contributed by atoms with E-state index in [1.54, 1.807) is 41.1 Å². The number of thiophene rings is 1. The van der Waals surface area contributed by atoms with Gasteiger partial charge in [-0.3, -0.25) is 14.3 Å². The smallest absolute Gasteiger partial charge is 0.291 e. The third kappa shape index (κ3) is 4.73. The number of fused-ring (bicyclic) bond motifs is 1. The van der Waals surface area contributed by atoms with Crippen LogP contribution in [0.3, 0.4) is 0 Å². The molecule has 0 aliphatic rings. The molecule has 0 atom stereocenters. The molecule has 0 aliphatic carbocycles. The highest BCUT2D eigenvalue weighted by atomic mass is 32.1. The number of carbonyl (C=O) groups is 2. The van der Waals surface area contributed by atoms with Crippen molar-refractivity contribution in [3.63, 3.8) is 0 Å². The summed E-state index contributed by atoms with van der Waals surface area (Å²) in [6.45, 7) is 4.13. The Morgan fingerprint density at radius 1 is 1.14 bits per heavy atom. The van der Waals surface area contributed by atoms with Gasteiger partial charge in [0.25, 0.3) is 18.2 Å². The second-order valence-electron chi connectivity index (χ2n) is 8.42. The largest absolute Gasteiger partial charge is 0.454 e.